The van der Waals surface area contributed by atoms with E-state index in [1.54, 1.807) is 0 Å². The zero-order valence-corrected chi connectivity index (χ0v) is 13.1. The van der Waals surface area contributed by atoms with Crippen LogP contribution in [0, 0.1) is 6.92 Å². The Kier molecular flexibility index (Phi) is 4.57. The highest BCUT2D eigenvalue weighted by Crippen LogP contribution is 2.33. The van der Waals surface area contributed by atoms with E-state index >= 15 is 0 Å². The van der Waals surface area contributed by atoms with Gasteiger partial charge in [-0.1, -0.05) is 26.0 Å². The molecule has 116 valence electrons. The zero-order valence-electron chi connectivity index (χ0n) is 13.1. The fraction of sp³-hybridized carbons (Fsp3) is 0.588. The van der Waals surface area contributed by atoms with E-state index in [0.29, 0.717) is 18.8 Å². The molecule has 1 saturated carbocycles. The van der Waals surface area contributed by atoms with Crippen molar-refractivity contribution in [3.63, 3.8) is 0 Å². The third-order valence-electron chi connectivity index (χ3n) is 4.25. The van der Waals surface area contributed by atoms with Crippen molar-refractivity contribution >= 4 is 5.97 Å². The Bertz CT molecular complexity index is 527. The lowest BCUT2D eigenvalue weighted by Gasteiger charge is -2.35. The summed E-state index contributed by atoms with van der Waals surface area (Å²) in [5.41, 5.74) is 7.14. The number of rotatable bonds is 4. The molecular formula is C17H25NO3. The minimum Gasteiger partial charge on any atom is -0.490 e. The highest BCUT2D eigenvalue weighted by molar-refractivity contribution is 5.78. The molecule has 0 aromatic heterocycles. The Balaban J connectivity index is 2.18. The van der Waals surface area contributed by atoms with E-state index in [4.69, 9.17) is 10.5 Å². The van der Waals surface area contributed by atoms with Crippen LogP contribution in [0.2, 0.25) is 0 Å². The molecule has 2 unspecified atom stereocenters. The molecule has 0 amide bonds. The van der Waals surface area contributed by atoms with Crippen molar-refractivity contribution in [2.24, 2.45) is 5.73 Å². The molecule has 1 aliphatic rings. The first kappa shape index (κ1) is 15.8. The molecule has 0 heterocycles. The third-order valence-corrected chi connectivity index (χ3v) is 4.25. The van der Waals surface area contributed by atoms with Crippen molar-refractivity contribution in [3.8, 4) is 5.75 Å². The standard InChI is InChI=1S/C17H25NO3/c1-11(2)14-7-6-12(3)9-15(14)21-13-5-4-8-17(18,10-13)16(19)20/h6-7,9,11,13H,4-5,8,10,18H2,1-3H3,(H,19,20). The lowest BCUT2D eigenvalue weighted by molar-refractivity contribution is -0.145. The van der Waals surface area contributed by atoms with Crippen LogP contribution in [-0.4, -0.2) is 22.7 Å². The molecule has 2 rings (SSSR count). The van der Waals surface area contributed by atoms with Gasteiger partial charge in [0, 0.05) is 6.42 Å². The summed E-state index contributed by atoms with van der Waals surface area (Å²) >= 11 is 0. The maximum absolute atomic E-state index is 11.3. The van der Waals surface area contributed by atoms with E-state index in [-0.39, 0.29) is 6.10 Å². The third kappa shape index (κ3) is 3.56. The van der Waals surface area contributed by atoms with Crippen LogP contribution in [0.15, 0.2) is 18.2 Å². The van der Waals surface area contributed by atoms with E-state index in [2.05, 4.69) is 26.0 Å². The normalized spacial score (nSPS) is 25.9. The van der Waals surface area contributed by atoms with Gasteiger partial charge < -0.3 is 15.6 Å². The van der Waals surface area contributed by atoms with Crippen LogP contribution >= 0.6 is 0 Å². The quantitative estimate of drug-likeness (QED) is 0.893. The van der Waals surface area contributed by atoms with E-state index in [0.717, 1.165) is 29.7 Å². The smallest absolute Gasteiger partial charge is 0.323 e. The Labute approximate surface area is 126 Å². The number of hydrogen-bond donors (Lipinski definition) is 2. The zero-order chi connectivity index (χ0) is 15.6. The summed E-state index contributed by atoms with van der Waals surface area (Å²) in [4.78, 5) is 11.3. The molecule has 0 bridgehead atoms. The summed E-state index contributed by atoms with van der Waals surface area (Å²) < 4.78 is 6.13. The second-order valence-electron chi connectivity index (χ2n) is 6.49. The monoisotopic (exact) mass is 291 g/mol. The van der Waals surface area contributed by atoms with Gasteiger partial charge in [0.05, 0.1) is 0 Å². The number of carboxylic acids is 1. The van der Waals surface area contributed by atoms with Gasteiger partial charge in [-0.2, -0.15) is 0 Å². The highest BCUT2D eigenvalue weighted by Gasteiger charge is 2.40. The van der Waals surface area contributed by atoms with Gasteiger partial charge in [-0.05, 0) is 49.3 Å². The fourth-order valence-electron chi connectivity index (χ4n) is 2.95. The molecule has 1 aromatic carbocycles. The summed E-state index contributed by atoms with van der Waals surface area (Å²) in [6.45, 7) is 6.29. The van der Waals surface area contributed by atoms with E-state index in [1.165, 1.54) is 0 Å². The van der Waals surface area contributed by atoms with E-state index in [9.17, 15) is 9.90 Å². The van der Waals surface area contributed by atoms with Crippen LogP contribution in [0.4, 0.5) is 0 Å². The van der Waals surface area contributed by atoms with Crippen molar-refractivity contribution in [1.29, 1.82) is 0 Å². The van der Waals surface area contributed by atoms with Gasteiger partial charge in [-0.3, -0.25) is 4.79 Å². The van der Waals surface area contributed by atoms with Crippen LogP contribution in [0.5, 0.6) is 5.75 Å². The average molecular weight is 291 g/mol. The molecule has 1 fully saturated rings. The first-order valence-electron chi connectivity index (χ1n) is 7.61. The van der Waals surface area contributed by atoms with Crippen LogP contribution in [-0.2, 0) is 4.79 Å². The first-order valence-corrected chi connectivity index (χ1v) is 7.61. The van der Waals surface area contributed by atoms with Crippen LogP contribution in [0.25, 0.3) is 0 Å². The predicted octanol–water partition coefficient (Wildman–Crippen LogP) is 3.22. The molecule has 0 radical (unpaired) electrons. The van der Waals surface area contributed by atoms with E-state index < -0.39 is 11.5 Å². The number of nitrogens with two attached hydrogens (primary N) is 1. The summed E-state index contributed by atoms with van der Waals surface area (Å²) in [7, 11) is 0. The van der Waals surface area contributed by atoms with Crippen molar-refractivity contribution in [1.82, 2.24) is 0 Å². The Hall–Kier alpha value is -1.55. The van der Waals surface area contributed by atoms with Gasteiger partial charge in [0.1, 0.15) is 17.4 Å². The van der Waals surface area contributed by atoms with Crippen LogP contribution in [0.1, 0.15) is 56.6 Å². The fourth-order valence-corrected chi connectivity index (χ4v) is 2.95. The van der Waals surface area contributed by atoms with Crippen LogP contribution in [0.3, 0.4) is 0 Å². The Morgan fingerprint density at radius 3 is 2.81 bits per heavy atom. The molecule has 1 aromatic rings. The number of benzene rings is 1. The molecule has 0 spiro atoms. The van der Waals surface area contributed by atoms with E-state index in [1.807, 2.05) is 13.0 Å². The van der Waals surface area contributed by atoms with Gasteiger partial charge in [0.2, 0.25) is 0 Å². The summed E-state index contributed by atoms with van der Waals surface area (Å²) in [6.07, 6.45) is 2.41. The maximum Gasteiger partial charge on any atom is 0.323 e. The predicted molar refractivity (Wildman–Crippen MR) is 82.7 cm³/mol. The number of hydrogen-bond acceptors (Lipinski definition) is 3. The Morgan fingerprint density at radius 1 is 1.48 bits per heavy atom. The second-order valence-corrected chi connectivity index (χ2v) is 6.49. The van der Waals surface area contributed by atoms with Crippen molar-refractivity contribution in [3.05, 3.63) is 29.3 Å². The first-order chi connectivity index (χ1) is 9.82. The number of carbonyl (C=O) groups is 1. The molecule has 1 aliphatic carbocycles. The average Bonchev–Trinajstić information content (AvgIpc) is 2.38. The highest BCUT2D eigenvalue weighted by atomic mass is 16.5. The van der Waals surface area contributed by atoms with Gasteiger partial charge in [0.15, 0.2) is 0 Å². The van der Waals surface area contributed by atoms with Crippen molar-refractivity contribution in [2.75, 3.05) is 0 Å². The molecule has 2 atom stereocenters. The maximum atomic E-state index is 11.3. The van der Waals surface area contributed by atoms with Crippen molar-refractivity contribution in [2.45, 2.75) is 64.0 Å². The molecule has 4 heteroatoms. The number of aliphatic carboxylic acids is 1. The van der Waals surface area contributed by atoms with Gasteiger partial charge >= 0.3 is 5.97 Å². The molecule has 21 heavy (non-hydrogen) atoms. The number of ether oxygens (including phenoxy) is 1. The SMILES string of the molecule is Cc1ccc(C(C)C)c(OC2CCCC(N)(C(=O)O)C2)c1. The topological polar surface area (TPSA) is 72.5 Å². The molecule has 0 saturated heterocycles. The lowest BCUT2D eigenvalue weighted by atomic mass is 9.81. The minimum absolute atomic E-state index is 0.126. The van der Waals surface area contributed by atoms with Crippen LogP contribution < -0.4 is 10.5 Å². The molecular weight excluding hydrogens is 266 g/mol. The number of carboxylic acid groups (broad SMARTS) is 1. The van der Waals surface area contributed by atoms with Gasteiger partial charge in [0.25, 0.3) is 0 Å². The largest absolute Gasteiger partial charge is 0.490 e. The van der Waals surface area contributed by atoms with Gasteiger partial charge in [-0.15, -0.1) is 0 Å². The summed E-state index contributed by atoms with van der Waals surface area (Å²) in [5, 5.41) is 9.29. The molecule has 0 aliphatic heterocycles. The number of aryl methyl sites for hydroxylation is 1. The van der Waals surface area contributed by atoms with Crippen molar-refractivity contribution < 1.29 is 14.6 Å². The molecule has 4 nitrogen and oxygen atoms in total. The van der Waals surface area contributed by atoms with Gasteiger partial charge in [-0.25, -0.2) is 0 Å². The Morgan fingerprint density at radius 2 is 2.19 bits per heavy atom. The summed E-state index contributed by atoms with van der Waals surface area (Å²) in [5.74, 6) is 0.306. The minimum atomic E-state index is -1.15. The lowest BCUT2D eigenvalue weighted by Crippen LogP contribution is -2.53. The summed E-state index contributed by atoms with van der Waals surface area (Å²) in [6, 6.07) is 6.20. The second kappa shape index (κ2) is 6.06. The molecule has 3 N–H and O–H groups in total.